The van der Waals surface area contributed by atoms with Gasteiger partial charge in [-0.2, -0.15) is 13.1 Å². The Morgan fingerprint density at radius 2 is 1.93 bits per heavy atom. The van der Waals surface area contributed by atoms with Crippen molar-refractivity contribution in [1.82, 2.24) is 4.31 Å². The molecule has 1 atom stereocenters. The van der Waals surface area contributed by atoms with Gasteiger partial charge in [0.05, 0.1) is 0 Å². The van der Waals surface area contributed by atoms with Gasteiger partial charge in [0.15, 0.2) is 0 Å². The Hall–Kier alpha value is -0.270. The molecule has 7 heteroatoms. The van der Waals surface area contributed by atoms with Gasteiger partial charge in [0.2, 0.25) is 0 Å². The minimum atomic E-state index is -4.45. The van der Waals surface area contributed by atoms with Crippen LogP contribution in [0.25, 0.3) is 0 Å². The van der Waals surface area contributed by atoms with E-state index in [2.05, 4.69) is 0 Å². The molecular weight excluding hydrogens is 214 g/mol. The van der Waals surface area contributed by atoms with Gasteiger partial charge in [-0.3, -0.25) is 0 Å². The summed E-state index contributed by atoms with van der Waals surface area (Å²) in [6.07, 6.45) is 0. The van der Waals surface area contributed by atoms with E-state index < -0.39 is 15.8 Å². The Bertz CT molecular complexity index is 256. The van der Waals surface area contributed by atoms with Gasteiger partial charge in [0.25, 0.3) is 10.0 Å². The summed E-state index contributed by atoms with van der Waals surface area (Å²) in [5.74, 6) is -3.48. The largest absolute Gasteiger partial charge is 0.350 e. The summed E-state index contributed by atoms with van der Waals surface area (Å²) in [4.78, 5) is 0. The zero-order valence-electron chi connectivity index (χ0n) is 8.28. The topological polar surface area (TPSA) is 63.4 Å². The van der Waals surface area contributed by atoms with E-state index in [4.69, 9.17) is 5.73 Å². The van der Waals surface area contributed by atoms with E-state index >= 15 is 0 Å². The van der Waals surface area contributed by atoms with E-state index in [-0.39, 0.29) is 25.6 Å². The van der Waals surface area contributed by atoms with Crippen molar-refractivity contribution in [3.63, 3.8) is 0 Å². The molecule has 0 saturated carbocycles. The van der Waals surface area contributed by atoms with Crippen molar-refractivity contribution in [1.29, 1.82) is 0 Å². The number of hydrogen-bond donors (Lipinski definition) is 1. The van der Waals surface area contributed by atoms with Crippen molar-refractivity contribution in [3.05, 3.63) is 0 Å². The lowest BCUT2D eigenvalue weighted by molar-refractivity contribution is 0.216. The van der Waals surface area contributed by atoms with Crippen LogP contribution in [0.1, 0.15) is 13.8 Å². The molecule has 0 aromatic heterocycles. The molecule has 0 radical (unpaired) electrons. The van der Waals surface area contributed by atoms with E-state index in [0.717, 1.165) is 4.31 Å². The number of alkyl halides is 2. The summed E-state index contributed by atoms with van der Waals surface area (Å²) in [6.45, 7) is 3.58. The second kappa shape index (κ2) is 5.57. The summed E-state index contributed by atoms with van der Waals surface area (Å²) in [6, 6.07) is 0. The van der Waals surface area contributed by atoms with Gasteiger partial charge in [0, 0.05) is 13.1 Å². The number of rotatable bonds is 6. The van der Waals surface area contributed by atoms with Crippen molar-refractivity contribution in [3.8, 4) is 0 Å². The smallest absolute Gasteiger partial charge is 0.330 e. The molecule has 0 aromatic carbocycles. The third-order valence-corrected chi connectivity index (χ3v) is 3.43. The van der Waals surface area contributed by atoms with Gasteiger partial charge in [-0.25, -0.2) is 8.42 Å². The Kier molecular flexibility index (Phi) is 5.46. The van der Waals surface area contributed by atoms with Gasteiger partial charge in [-0.15, -0.1) is 0 Å². The first-order chi connectivity index (χ1) is 6.36. The molecule has 0 rings (SSSR count). The molecule has 0 aliphatic carbocycles. The highest BCUT2D eigenvalue weighted by Crippen LogP contribution is 2.13. The van der Waals surface area contributed by atoms with Crippen LogP contribution in [0.5, 0.6) is 0 Å². The molecule has 86 valence electrons. The van der Waals surface area contributed by atoms with Crippen LogP contribution in [0.2, 0.25) is 0 Å². The fraction of sp³-hybridized carbons (Fsp3) is 1.00. The van der Waals surface area contributed by atoms with E-state index in [1.54, 1.807) is 6.92 Å². The summed E-state index contributed by atoms with van der Waals surface area (Å²) in [5, 5.41) is 0. The molecule has 0 bridgehead atoms. The van der Waals surface area contributed by atoms with Crippen LogP contribution >= 0.6 is 0 Å². The van der Waals surface area contributed by atoms with Crippen LogP contribution < -0.4 is 5.73 Å². The van der Waals surface area contributed by atoms with Crippen LogP contribution in [0, 0.1) is 5.92 Å². The van der Waals surface area contributed by atoms with Crippen LogP contribution in [0.15, 0.2) is 0 Å². The molecule has 0 fully saturated rings. The first-order valence-electron chi connectivity index (χ1n) is 4.33. The zero-order chi connectivity index (χ0) is 11.4. The standard InChI is InChI=1S/C7H16F2N2O2S/c1-3-11(5-6(2)4-10)14(12,13)7(8)9/h6-7H,3-5,10H2,1-2H3. The number of hydrogen-bond acceptors (Lipinski definition) is 3. The maximum absolute atomic E-state index is 12.1. The SMILES string of the molecule is CCN(CC(C)CN)S(=O)(=O)C(F)F. The Labute approximate surface area is 83.1 Å². The Balaban J connectivity index is 4.57. The third kappa shape index (κ3) is 3.47. The molecule has 4 nitrogen and oxygen atoms in total. The van der Waals surface area contributed by atoms with E-state index in [0.29, 0.717) is 0 Å². The molecule has 0 heterocycles. The first kappa shape index (κ1) is 13.7. The van der Waals surface area contributed by atoms with Crippen LogP contribution in [0.3, 0.4) is 0 Å². The first-order valence-corrected chi connectivity index (χ1v) is 5.83. The summed E-state index contributed by atoms with van der Waals surface area (Å²) >= 11 is 0. The molecule has 0 amide bonds. The predicted octanol–water partition coefficient (Wildman–Crippen LogP) is 0.456. The number of nitrogens with two attached hydrogens (primary N) is 1. The average molecular weight is 230 g/mol. The fourth-order valence-electron chi connectivity index (χ4n) is 0.948. The third-order valence-electron chi connectivity index (χ3n) is 1.86. The van der Waals surface area contributed by atoms with Crippen molar-refractivity contribution in [2.45, 2.75) is 19.6 Å². The maximum Gasteiger partial charge on any atom is 0.350 e. The molecule has 0 spiro atoms. The Morgan fingerprint density at radius 1 is 1.43 bits per heavy atom. The molecule has 0 saturated heterocycles. The molecule has 14 heavy (non-hydrogen) atoms. The predicted molar refractivity (Wildman–Crippen MR) is 50.4 cm³/mol. The second-order valence-electron chi connectivity index (χ2n) is 3.10. The van der Waals surface area contributed by atoms with E-state index in [1.807, 2.05) is 0 Å². The maximum atomic E-state index is 12.1. The molecule has 0 aliphatic heterocycles. The van der Waals surface area contributed by atoms with Crippen LogP contribution in [-0.2, 0) is 10.0 Å². The molecule has 1 unspecified atom stereocenters. The summed E-state index contributed by atoms with van der Waals surface area (Å²) in [5.41, 5.74) is 5.29. The minimum absolute atomic E-state index is 0.0387. The van der Waals surface area contributed by atoms with Gasteiger partial charge in [-0.1, -0.05) is 13.8 Å². The van der Waals surface area contributed by atoms with Gasteiger partial charge in [0.1, 0.15) is 0 Å². The quantitative estimate of drug-likeness (QED) is 0.720. The lowest BCUT2D eigenvalue weighted by Crippen LogP contribution is -2.39. The number of halogens is 2. The lowest BCUT2D eigenvalue weighted by Gasteiger charge is -2.22. The fourth-order valence-corrected chi connectivity index (χ4v) is 2.00. The van der Waals surface area contributed by atoms with E-state index in [9.17, 15) is 17.2 Å². The number of nitrogens with zero attached hydrogens (tertiary/aromatic N) is 1. The van der Waals surface area contributed by atoms with E-state index in [1.165, 1.54) is 6.92 Å². The van der Waals surface area contributed by atoms with Crippen molar-refractivity contribution in [2.24, 2.45) is 11.7 Å². The summed E-state index contributed by atoms with van der Waals surface area (Å²) in [7, 11) is -4.45. The Morgan fingerprint density at radius 3 is 2.21 bits per heavy atom. The van der Waals surface area contributed by atoms with Crippen molar-refractivity contribution in [2.75, 3.05) is 19.6 Å². The lowest BCUT2D eigenvalue weighted by atomic mass is 10.2. The normalized spacial score (nSPS) is 15.1. The molecular formula is C7H16F2N2O2S. The molecule has 0 aromatic rings. The summed E-state index contributed by atoms with van der Waals surface area (Å²) < 4.78 is 47.1. The minimum Gasteiger partial charge on any atom is -0.330 e. The van der Waals surface area contributed by atoms with Crippen molar-refractivity contribution < 1.29 is 17.2 Å². The van der Waals surface area contributed by atoms with Crippen molar-refractivity contribution >= 4 is 10.0 Å². The highest BCUT2D eigenvalue weighted by atomic mass is 32.2. The number of sulfonamides is 1. The van der Waals surface area contributed by atoms with Crippen LogP contribution in [-0.4, -0.2) is 38.1 Å². The molecule has 0 aliphatic rings. The van der Waals surface area contributed by atoms with Gasteiger partial charge < -0.3 is 5.73 Å². The van der Waals surface area contributed by atoms with Gasteiger partial charge in [-0.05, 0) is 12.5 Å². The average Bonchev–Trinajstić information content (AvgIpc) is 2.12. The zero-order valence-corrected chi connectivity index (χ0v) is 9.10. The monoisotopic (exact) mass is 230 g/mol. The van der Waals surface area contributed by atoms with Crippen LogP contribution in [0.4, 0.5) is 8.78 Å². The molecule has 2 N–H and O–H groups in total. The van der Waals surface area contributed by atoms with Gasteiger partial charge >= 0.3 is 5.76 Å². The second-order valence-corrected chi connectivity index (χ2v) is 5.00. The highest BCUT2D eigenvalue weighted by molar-refractivity contribution is 7.89. The highest BCUT2D eigenvalue weighted by Gasteiger charge is 2.31.